The van der Waals surface area contributed by atoms with Crippen LogP contribution in [-0.2, 0) is 4.79 Å². The topological polar surface area (TPSA) is 88.4 Å². The Morgan fingerprint density at radius 2 is 2.16 bits per heavy atom. The maximum absolute atomic E-state index is 11.8. The molecule has 6 nitrogen and oxygen atoms in total. The van der Waals surface area contributed by atoms with Gasteiger partial charge in [0.2, 0.25) is 5.91 Å². The van der Waals surface area contributed by atoms with E-state index >= 15 is 0 Å². The number of hydrogen-bond donors (Lipinski definition) is 2. The zero-order valence-electron chi connectivity index (χ0n) is 14.1. The van der Waals surface area contributed by atoms with E-state index in [4.69, 9.17) is 22.1 Å². The van der Waals surface area contributed by atoms with Gasteiger partial charge >= 0.3 is 0 Å². The van der Waals surface area contributed by atoms with Crippen LogP contribution >= 0.6 is 11.6 Å². The van der Waals surface area contributed by atoms with Crippen LogP contribution in [0.25, 0.3) is 10.8 Å². The van der Waals surface area contributed by atoms with E-state index in [0.29, 0.717) is 22.6 Å². The van der Waals surface area contributed by atoms with Crippen molar-refractivity contribution < 1.29 is 9.53 Å². The van der Waals surface area contributed by atoms with E-state index in [9.17, 15) is 9.59 Å². The molecule has 1 amide bonds. The van der Waals surface area contributed by atoms with Gasteiger partial charge in [0.25, 0.3) is 5.56 Å². The molecule has 3 rings (SSSR count). The highest BCUT2D eigenvalue weighted by Crippen LogP contribution is 2.31. The number of aromatic nitrogens is 1. The summed E-state index contributed by atoms with van der Waals surface area (Å²) in [7, 11) is 0. The van der Waals surface area contributed by atoms with E-state index in [0.717, 1.165) is 31.3 Å². The van der Waals surface area contributed by atoms with Crippen molar-refractivity contribution in [3.63, 3.8) is 0 Å². The minimum absolute atomic E-state index is 0.0265. The molecule has 7 heteroatoms. The predicted octanol–water partition coefficient (Wildman–Crippen LogP) is 2.29. The fourth-order valence-electron chi connectivity index (χ4n) is 3.40. The van der Waals surface area contributed by atoms with E-state index in [1.807, 2.05) is 13.0 Å². The lowest BCUT2D eigenvalue weighted by Crippen LogP contribution is -2.49. The first-order valence-corrected chi connectivity index (χ1v) is 8.88. The first-order chi connectivity index (χ1) is 12.0. The molecule has 25 heavy (non-hydrogen) atoms. The van der Waals surface area contributed by atoms with E-state index in [2.05, 4.69) is 9.88 Å². The molecule has 0 aliphatic carbocycles. The Balaban J connectivity index is 1.70. The lowest BCUT2D eigenvalue weighted by molar-refractivity contribution is -0.124. The van der Waals surface area contributed by atoms with E-state index < -0.39 is 0 Å². The van der Waals surface area contributed by atoms with Crippen molar-refractivity contribution in [1.82, 2.24) is 9.88 Å². The van der Waals surface area contributed by atoms with Crippen LogP contribution < -0.4 is 16.0 Å². The van der Waals surface area contributed by atoms with Crippen LogP contribution in [0.5, 0.6) is 5.75 Å². The molecule has 1 unspecified atom stereocenters. The van der Waals surface area contributed by atoms with Crippen molar-refractivity contribution in [1.29, 1.82) is 0 Å². The summed E-state index contributed by atoms with van der Waals surface area (Å²) in [4.78, 5) is 28.1. The highest BCUT2D eigenvalue weighted by molar-refractivity contribution is 6.32. The van der Waals surface area contributed by atoms with Gasteiger partial charge in [-0.25, -0.2) is 0 Å². The fraction of sp³-hybridized carbons (Fsp3) is 0.444. The van der Waals surface area contributed by atoms with Crippen LogP contribution in [0.4, 0.5) is 0 Å². The van der Waals surface area contributed by atoms with Gasteiger partial charge in [-0.3, -0.25) is 14.5 Å². The summed E-state index contributed by atoms with van der Waals surface area (Å²) in [6.45, 7) is 3.49. The normalized spacial score (nSPS) is 17.5. The third-order valence-corrected chi connectivity index (χ3v) is 5.05. The summed E-state index contributed by atoms with van der Waals surface area (Å²) in [6.07, 6.45) is 3.95. The lowest BCUT2D eigenvalue weighted by atomic mass is 10.0. The van der Waals surface area contributed by atoms with Crippen molar-refractivity contribution in [2.45, 2.75) is 38.3 Å². The van der Waals surface area contributed by atoms with Crippen molar-refractivity contribution >= 4 is 28.3 Å². The standard InChI is InChI=1S/C18H22ClN3O3/c1-2-15(17(20)23)22-7-4-12(5-8-22)25-16-9-11-3-6-21-18(24)13(11)10-14(16)19/h3,6,9-10,12,15H,2,4-5,7-8H2,1H3,(H2,20,23)(H,21,24). The maximum atomic E-state index is 11.8. The van der Waals surface area contributed by atoms with Gasteiger partial charge in [0.1, 0.15) is 11.9 Å². The largest absolute Gasteiger partial charge is 0.489 e. The number of pyridine rings is 1. The summed E-state index contributed by atoms with van der Waals surface area (Å²) in [5, 5.41) is 1.76. The number of fused-ring (bicyclic) bond motifs is 1. The Hall–Kier alpha value is -2.05. The molecule has 1 aromatic carbocycles. The molecule has 0 saturated carbocycles. The molecule has 0 bridgehead atoms. The number of aromatic amines is 1. The molecule has 0 spiro atoms. The first-order valence-electron chi connectivity index (χ1n) is 8.50. The summed E-state index contributed by atoms with van der Waals surface area (Å²) >= 11 is 6.29. The van der Waals surface area contributed by atoms with Crippen molar-refractivity contribution in [3.05, 3.63) is 39.8 Å². The number of primary amides is 1. The number of nitrogens with zero attached hydrogens (tertiary/aromatic N) is 1. The summed E-state index contributed by atoms with van der Waals surface area (Å²) < 4.78 is 6.07. The molecule has 1 aliphatic rings. The van der Waals surface area contributed by atoms with Crippen molar-refractivity contribution in [2.24, 2.45) is 5.73 Å². The smallest absolute Gasteiger partial charge is 0.255 e. The summed E-state index contributed by atoms with van der Waals surface area (Å²) in [5.41, 5.74) is 5.29. The molecular weight excluding hydrogens is 342 g/mol. The number of rotatable bonds is 5. The van der Waals surface area contributed by atoms with Gasteiger partial charge in [0.15, 0.2) is 0 Å². The first kappa shape index (κ1) is 17.8. The van der Waals surface area contributed by atoms with Crippen LogP contribution in [0.3, 0.4) is 0 Å². The number of halogens is 1. The van der Waals surface area contributed by atoms with Crippen LogP contribution in [0, 0.1) is 0 Å². The van der Waals surface area contributed by atoms with Crippen LogP contribution in [0.1, 0.15) is 26.2 Å². The van der Waals surface area contributed by atoms with Gasteiger partial charge in [-0.2, -0.15) is 0 Å². The van der Waals surface area contributed by atoms with Gasteiger partial charge in [0.05, 0.1) is 11.1 Å². The average molecular weight is 364 g/mol. The van der Waals surface area contributed by atoms with Crippen molar-refractivity contribution in [2.75, 3.05) is 13.1 Å². The number of piperidine rings is 1. The minimum atomic E-state index is -0.273. The molecule has 134 valence electrons. The van der Waals surface area contributed by atoms with E-state index in [-0.39, 0.29) is 23.6 Å². The van der Waals surface area contributed by atoms with Gasteiger partial charge < -0.3 is 15.5 Å². The third kappa shape index (κ3) is 3.80. The number of nitrogens with two attached hydrogens (primary N) is 1. The van der Waals surface area contributed by atoms with Crippen molar-refractivity contribution in [3.8, 4) is 5.75 Å². The minimum Gasteiger partial charge on any atom is -0.489 e. The molecule has 1 saturated heterocycles. The molecule has 1 aromatic heterocycles. The predicted molar refractivity (Wildman–Crippen MR) is 98.1 cm³/mol. The number of likely N-dealkylation sites (tertiary alicyclic amines) is 1. The van der Waals surface area contributed by atoms with E-state index in [1.165, 1.54) is 0 Å². The number of benzene rings is 1. The zero-order chi connectivity index (χ0) is 18.0. The number of hydrogen-bond acceptors (Lipinski definition) is 4. The highest BCUT2D eigenvalue weighted by atomic mass is 35.5. The number of ether oxygens (including phenoxy) is 1. The molecular formula is C18H22ClN3O3. The third-order valence-electron chi connectivity index (χ3n) is 4.75. The molecule has 3 N–H and O–H groups in total. The molecule has 1 fully saturated rings. The van der Waals surface area contributed by atoms with Crippen LogP contribution in [0.2, 0.25) is 5.02 Å². The molecule has 0 radical (unpaired) electrons. The second-order valence-corrected chi connectivity index (χ2v) is 6.76. The fourth-order valence-corrected chi connectivity index (χ4v) is 3.61. The Morgan fingerprint density at radius 1 is 1.44 bits per heavy atom. The monoisotopic (exact) mass is 363 g/mol. The number of amides is 1. The number of H-pyrrole nitrogens is 1. The Morgan fingerprint density at radius 3 is 2.80 bits per heavy atom. The molecule has 1 aliphatic heterocycles. The molecule has 2 heterocycles. The second-order valence-electron chi connectivity index (χ2n) is 6.36. The number of carbonyl (C=O) groups is 1. The maximum Gasteiger partial charge on any atom is 0.255 e. The van der Waals surface area contributed by atoms with Gasteiger partial charge in [-0.05, 0) is 42.8 Å². The lowest BCUT2D eigenvalue weighted by Gasteiger charge is -2.35. The Kier molecular flexibility index (Phi) is 5.30. The number of carbonyl (C=O) groups excluding carboxylic acids is 1. The van der Waals surface area contributed by atoms with Crippen LogP contribution in [0.15, 0.2) is 29.2 Å². The van der Waals surface area contributed by atoms with Gasteiger partial charge in [0, 0.05) is 24.7 Å². The van der Waals surface area contributed by atoms with E-state index in [1.54, 1.807) is 18.3 Å². The van der Waals surface area contributed by atoms with Gasteiger partial charge in [-0.1, -0.05) is 18.5 Å². The second kappa shape index (κ2) is 7.45. The molecule has 1 atom stereocenters. The number of nitrogens with one attached hydrogen (secondary N) is 1. The van der Waals surface area contributed by atoms with Gasteiger partial charge in [-0.15, -0.1) is 0 Å². The average Bonchev–Trinajstić information content (AvgIpc) is 2.58. The molecule has 2 aromatic rings. The highest BCUT2D eigenvalue weighted by Gasteiger charge is 2.28. The summed E-state index contributed by atoms with van der Waals surface area (Å²) in [5.74, 6) is 0.310. The van der Waals surface area contributed by atoms with Crippen LogP contribution in [-0.4, -0.2) is 41.0 Å². The quantitative estimate of drug-likeness (QED) is 0.853. The Bertz CT molecular complexity index is 828. The Labute approximate surface area is 150 Å². The SMILES string of the molecule is CCC(C(N)=O)N1CCC(Oc2cc3cc[nH]c(=O)c3cc2Cl)CC1. The summed E-state index contributed by atoms with van der Waals surface area (Å²) in [6, 6.07) is 5.05. The zero-order valence-corrected chi connectivity index (χ0v) is 14.9.